The van der Waals surface area contributed by atoms with Crippen molar-refractivity contribution in [1.29, 1.82) is 0 Å². The van der Waals surface area contributed by atoms with Crippen molar-refractivity contribution in [1.82, 2.24) is 5.32 Å². The molecule has 0 heterocycles. The molecule has 0 aromatic heterocycles. The summed E-state index contributed by atoms with van der Waals surface area (Å²) < 4.78 is 0. The van der Waals surface area contributed by atoms with Gasteiger partial charge in [-0.25, -0.2) is 0 Å². The largest absolute Gasteiger partial charge is 0.310 e. The minimum Gasteiger partial charge on any atom is -0.310 e. The summed E-state index contributed by atoms with van der Waals surface area (Å²) in [6, 6.07) is 8.49. The van der Waals surface area contributed by atoms with Crippen LogP contribution in [-0.4, -0.2) is 6.54 Å². The van der Waals surface area contributed by atoms with Gasteiger partial charge in [-0.3, -0.25) is 0 Å². The van der Waals surface area contributed by atoms with Gasteiger partial charge in [-0.15, -0.1) is 0 Å². The Labute approximate surface area is 116 Å². The standard InChI is InChI=1S/C16H24ClN/c1-13(15-10-6-7-11-16(15)17)18-12-14-8-4-2-3-5-9-14/h6-7,10-11,13-14,18H,2-5,8-9,12H2,1H3. The van der Waals surface area contributed by atoms with Crippen molar-refractivity contribution >= 4 is 11.6 Å². The molecule has 0 saturated heterocycles. The predicted molar refractivity (Wildman–Crippen MR) is 79.1 cm³/mol. The summed E-state index contributed by atoms with van der Waals surface area (Å²) in [5.41, 5.74) is 1.22. The molecule has 0 radical (unpaired) electrons. The lowest BCUT2D eigenvalue weighted by atomic mass is 9.99. The third kappa shape index (κ3) is 4.00. The fourth-order valence-electron chi connectivity index (χ4n) is 2.85. The minimum absolute atomic E-state index is 0.349. The molecule has 1 aromatic carbocycles. The first-order valence-electron chi connectivity index (χ1n) is 7.25. The normalized spacial score (nSPS) is 19.4. The smallest absolute Gasteiger partial charge is 0.0453 e. The van der Waals surface area contributed by atoms with Gasteiger partial charge >= 0.3 is 0 Å². The van der Waals surface area contributed by atoms with Crippen LogP contribution in [0.1, 0.15) is 57.1 Å². The highest BCUT2D eigenvalue weighted by Crippen LogP contribution is 2.25. The number of hydrogen-bond acceptors (Lipinski definition) is 1. The Morgan fingerprint density at radius 3 is 2.50 bits per heavy atom. The molecule has 0 spiro atoms. The molecule has 18 heavy (non-hydrogen) atoms. The first-order valence-corrected chi connectivity index (χ1v) is 7.63. The van der Waals surface area contributed by atoms with Crippen LogP contribution < -0.4 is 5.32 Å². The second-order valence-corrected chi connectivity index (χ2v) is 5.92. The molecule has 1 unspecified atom stereocenters. The maximum absolute atomic E-state index is 6.23. The van der Waals surface area contributed by atoms with Crippen LogP contribution in [-0.2, 0) is 0 Å². The molecule has 0 aliphatic heterocycles. The van der Waals surface area contributed by atoms with Crippen molar-refractivity contribution in [3.05, 3.63) is 34.9 Å². The van der Waals surface area contributed by atoms with Crippen LogP contribution in [0.15, 0.2) is 24.3 Å². The maximum atomic E-state index is 6.23. The lowest BCUT2D eigenvalue weighted by molar-refractivity contribution is 0.403. The van der Waals surface area contributed by atoms with E-state index in [2.05, 4.69) is 24.4 Å². The Bertz CT molecular complexity index is 356. The molecular formula is C16H24ClN. The SMILES string of the molecule is CC(NCC1CCCCCC1)c1ccccc1Cl. The Morgan fingerprint density at radius 2 is 1.83 bits per heavy atom. The zero-order valence-electron chi connectivity index (χ0n) is 11.3. The van der Waals surface area contributed by atoms with Crippen LogP contribution in [0.25, 0.3) is 0 Å². The average molecular weight is 266 g/mol. The van der Waals surface area contributed by atoms with Gasteiger partial charge in [-0.1, -0.05) is 55.5 Å². The number of rotatable bonds is 4. The van der Waals surface area contributed by atoms with E-state index >= 15 is 0 Å². The predicted octanol–water partition coefficient (Wildman–Crippen LogP) is 4.96. The quantitative estimate of drug-likeness (QED) is 0.759. The zero-order chi connectivity index (χ0) is 12.8. The van der Waals surface area contributed by atoms with Crippen LogP contribution in [0.5, 0.6) is 0 Å². The Kier molecular flexibility index (Phi) is 5.52. The van der Waals surface area contributed by atoms with Gasteiger partial charge in [-0.2, -0.15) is 0 Å². The third-order valence-electron chi connectivity index (χ3n) is 4.06. The van der Waals surface area contributed by atoms with Crippen molar-refractivity contribution in [3.8, 4) is 0 Å². The van der Waals surface area contributed by atoms with Crippen LogP contribution in [0.2, 0.25) is 5.02 Å². The Morgan fingerprint density at radius 1 is 1.17 bits per heavy atom. The fourth-order valence-corrected chi connectivity index (χ4v) is 3.15. The number of hydrogen-bond donors (Lipinski definition) is 1. The van der Waals surface area contributed by atoms with Crippen molar-refractivity contribution < 1.29 is 0 Å². The highest BCUT2D eigenvalue weighted by atomic mass is 35.5. The molecular weight excluding hydrogens is 242 g/mol. The van der Waals surface area contributed by atoms with Crippen LogP contribution in [0.4, 0.5) is 0 Å². The summed E-state index contributed by atoms with van der Waals surface area (Å²) in [7, 11) is 0. The molecule has 2 rings (SSSR count). The summed E-state index contributed by atoms with van der Waals surface area (Å²) >= 11 is 6.23. The van der Waals surface area contributed by atoms with Crippen molar-refractivity contribution in [3.63, 3.8) is 0 Å². The highest BCUT2D eigenvalue weighted by Gasteiger charge is 2.14. The van der Waals surface area contributed by atoms with Crippen molar-refractivity contribution in [2.24, 2.45) is 5.92 Å². The number of halogens is 1. The van der Waals surface area contributed by atoms with Crippen LogP contribution >= 0.6 is 11.6 Å². The second-order valence-electron chi connectivity index (χ2n) is 5.51. The highest BCUT2D eigenvalue weighted by molar-refractivity contribution is 6.31. The lowest BCUT2D eigenvalue weighted by Crippen LogP contribution is -2.25. The van der Waals surface area contributed by atoms with E-state index in [4.69, 9.17) is 11.6 Å². The molecule has 1 saturated carbocycles. The van der Waals surface area contributed by atoms with E-state index in [9.17, 15) is 0 Å². The molecule has 2 heteroatoms. The lowest BCUT2D eigenvalue weighted by Gasteiger charge is -2.20. The van der Waals surface area contributed by atoms with Crippen molar-refractivity contribution in [2.45, 2.75) is 51.5 Å². The minimum atomic E-state index is 0.349. The molecule has 1 nitrogen and oxygen atoms in total. The van der Waals surface area contributed by atoms with Gasteiger partial charge in [0, 0.05) is 11.1 Å². The average Bonchev–Trinajstić information content (AvgIpc) is 2.65. The Balaban J connectivity index is 1.84. The molecule has 0 bridgehead atoms. The molecule has 0 amide bonds. The maximum Gasteiger partial charge on any atom is 0.0453 e. The second kappa shape index (κ2) is 7.16. The molecule has 1 atom stereocenters. The monoisotopic (exact) mass is 265 g/mol. The van der Waals surface area contributed by atoms with E-state index in [0.29, 0.717) is 6.04 Å². The van der Waals surface area contributed by atoms with E-state index in [-0.39, 0.29) is 0 Å². The van der Waals surface area contributed by atoms with E-state index in [1.165, 1.54) is 44.1 Å². The number of benzene rings is 1. The summed E-state index contributed by atoms with van der Waals surface area (Å²) in [6.07, 6.45) is 8.46. The fraction of sp³-hybridized carbons (Fsp3) is 0.625. The van der Waals surface area contributed by atoms with E-state index in [1.54, 1.807) is 0 Å². The topological polar surface area (TPSA) is 12.0 Å². The molecule has 1 aliphatic carbocycles. The molecule has 100 valence electrons. The Hall–Kier alpha value is -0.530. The van der Waals surface area contributed by atoms with Crippen molar-refractivity contribution in [2.75, 3.05) is 6.54 Å². The van der Waals surface area contributed by atoms with Gasteiger partial charge < -0.3 is 5.32 Å². The molecule has 1 aliphatic rings. The summed E-state index contributed by atoms with van der Waals surface area (Å²) in [4.78, 5) is 0. The number of nitrogens with one attached hydrogen (secondary N) is 1. The zero-order valence-corrected chi connectivity index (χ0v) is 12.0. The molecule has 1 fully saturated rings. The summed E-state index contributed by atoms with van der Waals surface area (Å²) in [5.74, 6) is 0.859. The summed E-state index contributed by atoms with van der Waals surface area (Å²) in [5, 5.41) is 4.53. The first-order chi connectivity index (χ1) is 8.77. The van der Waals surface area contributed by atoms with Gasteiger partial charge in [-0.05, 0) is 43.9 Å². The first kappa shape index (κ1) is 13.9. The van der Waals surface area contributed by atoms with Crippen LogP contribution in [0, 0.1) is 5.92 Å². The van der Waals surface area contributed by atoms with Gasteiger partial charge in [0.05, 0.1) is 0 Å². The van der Waals surface area contributed by atoms with Gasteiger partial charge in [0.2, 0.25) is 0 Å². The van der Waals surface area contributed by atoms with Gasteiger partial charge in [0.15, 0.2) is 0 Å². The van der Waals surface area contributed by atoms with Crippen LogP contribution in [0.3, 0.4) is 0 Å². The molecule has 1 aromatic rings. The van der Waals surface area contributed by atoms with E-state index in [1.807, 2.05) is 12.1 Å². The summed E-state index contributed by atoms with van der Waals surface area (Å²) in [6.45, 7) is 3.34. The van der Waals surface area contributed by atoms with Gasteiger partial charge in [0.25, 0.3) is 0 Å². The van der Waals surface area contributed by atoms with E-state index < -0.39 is 0 Å². The van der Waals surface area contributed by atoms with E-state index in [0.717, 1.165) is 17.5 Å². The van der Waals surface area contributed by atoms with Gasteiger partial charge in [0.1, 0.15) is 0 Å². The third-order valence-corrected chi connectivity index (χ3v) is 4.40. The molecule has 1 N–H and O–H groups in total.